The molecule has 23 heavy (non-hydrogen) atoms. The van der Waals surface area contributed by atoms with Gasteiger partial charge in [-0.05, 0) is 36.6 Å². The predicted octanol–water partition coefficient (Wildman–Crippen LogP) is 4.30. The number of fused-ring (bicyclic) bond motifs is 1. The summed E-state index contributed by atoms with van der Waals surface area (Å²) in [4.78, 5) is 15.8. The highest BCUT2D eigenvalue weighted by Gasteiger charge is 2.15. The first-order chi connectivity index (χ1) is 11.1. The number of ether oxygens (including phenoxy) is 1. The van der Waals surface area contributed by atoms with E-state index in [4.69, 9.17) is 4.74 Å². The first kappa shape index (κ1) is 15.2. The molecule has 4 heteroatoms. The standard InChI is InChI=1S/C19H20N2O2/c1-4-13-7-5-6-12(2)18(13)21-19(22)16-11-20-17-10-14(23-3)8-9-15(16)17/h5-11,20H,4H2,1-3H3,(H,21,22). The fourth-order valence-corrected chi connectivity index (χ4v) is 2.80. The van der Waals surface area contributed by atoms with E-state index >= 15 is 0 Å². The number of hydrogen-bond acceptors (Lipinski definition) is 2. The van der Waals surface area contributed by atoms with Crippen molar-refractivity contribution in [3.63, 3.8) is 0 Å². The number of nitrogens with one attached hydrogen (secondary N) is 2. The van der Waals surface area contributed by atoms with Crippen molar-refractivity contribution in [1.82, 2.24) is 4.98 Å². The van der Waals surface area contributed by atoms with E-state index in [2.05, 4.69) is 17.2 Å². The maximum absolute atomic E-state index is 12.7. The molecule has 4 nitrogen and oxygen atoms in total. The summed E-state index contributed by atoms with van der Waals surface area (Å²) in [5.74, 6) is 0.656. The van der Waals surface area contributed by atoms with Crippen LogP contribution in [-0.4, -0.2) is 18.0 Å². The van der Waals surface area contributed by atoms with Crippen LogP contribution in [0.4, 0.5) is 5.69 Å². The summed E-state index contributed by atoms with van der Waals surface area (Å²) in [7, 11) is 1.63. The van der Waals surface area contributed by atoms with E-state index in [1.165, 1.54) is 0 Å². The maximum atomic E-state index is 12.7. The Morgan fingerprint density at radius 2 is 2.09 bits per heavy atom. The van der Waals surface area contributed by atoms with Gasteiger partial charge in [0, 0.05) is 28.9 Å². The van der Waals surface area contributed by atoms with Crippen LogP contribution in [0.5, 0.6) is 5.75 Å². The molecule has 1 heterocycles. The Labute approximate surface area is 135 Å². The SMILES string of the molecule is CCc1cccc(C)c1NC(=O)c1c[nH]c2cc(OC)ccc12. The molecule has 0 saturated carbocycles. The molecule has 0 aliphatic heterocycles. The predicted molar refractivity (Wildman–Crippen MR) is 93.4 cm³/mol. The molecule has 118 valence electrons. The number of benzene rings is 2. The molecule has 0 radical (unpaired) electrons. The summed E-state index contributed by atoms with van der Waals surface area (Å²) < 4.78 is 5.21. The third-order valence-electron chi connectivity index (χ3n) is 4.11. The van der Waals surface area contributed by atoms with E-state index in [1.807, 2.05) is 43.3 Å². The van der Waals surface area contributed by atoms with Crippen molar-refractivity contribution in [2.45, 2.75) is 20.3 Å². The number of amides is 1. The minimum absolute atomic E-state index is 0.106. The van der Waals surface area contributed by atoms with Crippen molar-refractivity contribution in [3.8, 4) is 5.75 Å². The molecule has 0 bridgehead atoms. The second kappa shape index (κ2) is 6.16. The second-order valence-electron chi connectivity index (χ2n) is 5.53. The highest BCUT2D eigenvalue weighted by molar-refractivity contribution is 6.13. The van der Waals surface area contributed by atoms with Gasteiger partial charge in [-0.15, -0.1) is 0 Å². The maximum Gasteiger partial charge on any atom is 0.257 e. The Balaban J connectivity index is 1.96. The molecule has 0 saturated heterocycles. The van der Waals surface area contributed by atoms with Crippen LogP contribution in [0, 0.1) is 6.92 Å². The first-order valence-corrected chi connectivity index (χ1v) is 7.69. The highest BCUT2D eigenvalue weighted by atomic mass is 16.5. The molecule has 0 atom stereocenters. The number of methoxy groups -OCH3 is 1. The molecule has 2 N–H and O–H groups in total. The molecule has 1 aromatic heterocycles. The van der Waals surface area contributed by atoms with E-state index in [0.717, 1.165) is 39.9 Å². The lowest BCUT2D eigenvalue weighted by Crippen LogP contribution is -2.13. The summed E-state index contributed by atoms with van der Waals surface area (Å²) >= 11 is 0. The Kier molecular flexibility index (Phi) is 4.06. The van der Waals surface area contributed by atoms with Gasteiger partial charge in [-0.3, -0.25) is 4.79 Å². The van der Waals surface area contributed by atoms with Crippen LogP contribution >= 0.6 is 0 Å². The number of carbonyl (C=O) groups is 1. The summed E-state index contributed by atoms with van der Waals surface area (Å²) in [6.45, 7) is 4.09. The summed E-state index contributed by atoms with van der Waals surface area (Å²) in [6.07, 6.45) is 2.62. The van der Waals surface area contributed by atoms with Gasteiger partial charge >= 0.3 is 0 Å². The van der Waals surface area contributed by atoms with Gasteiger partial charge in [0.25, 0.3) is 5.91 Å². The molecule has 1 amide bonds. The lowest BCUT2D eigenvalue weighted by atomic mass is 10.1. The van der Waals surface area contributed by atoms with Crippen molar-refractivity contribution < 1.29 is 9.53 Å². The summed E-state index contributed by atoms with van der Waals surface area (Å²) in [5.41, 5.74) is 4.63. The lowest BCUT2D eigenvalue weighted by Gasteiger charge is -2.12. The number of hydrogen-bond donors (Lipinski definition) is 2. The monoisotopic (exact) mass is 308 g/mol. The van der Waals surface area contributed by atoms with Gasteiger partial charge in [-0.1, -0.05) is 25.1 Å². The minimum Gasteiger partial charge on any atom is -0.497 e. The number of anilines is 1. The topological polar surface area (TPSA) is 54.1 Å². The van der Waals surface area contributed by atoms with E-state index in [9.17, 15) is 4.79 Å². The van der Waals surface area contributed by atoms with Crippen molar-refractivity contribution in [2.24, 2.45) is 0 Å². The number of rotatable bonds is 4. The van der Waals surface area contributed by atoms with Crippen LogP contribution in [0.25, 0.3) is 10.9 Å². The Hall–Kier alpha value is -2.75. The van der Waals surface area contributed by atoms with Gasteiger partial charge in [0.05, 0.1) is 12.7 Å². The Morgan fingerprint density at radius 3 is 2.83 bits per heavy atom. The molecule has 0 aliphatic rings. The highest BCUT2D eigenvalue weighted by Crippen LogP contribution is 2.26. The summed E-state index contributed by atoms with van der Waals surface area (Å²) in [5, 5.41) is 3.95. The molecule has 3 aromatic rings. The lowest BCUT2D eigenvalue weighted by molar-refractivity contribution is 0.102. The van der Waals surface area contributed by atoms with E-state index < -0.39 is 0 Å². The molecule has 0 spiro atoms. The molecule has 0 fully saturated rings. The average Bonchev–Trinajstić information content (AvgIpc) is 2.99. The number of para-hydroxylation sites is 1. The zero-order chi connectivity index (χ0) is 16.4. The van der Waals surface area contributed by atoms with Crippen LogP contribution in [0.15, 0.2) is 42.6 Å². The largest absolute Gasteiger partial charge is 0.497 e. The zero-order valence-electron chi connectivity index (χ0n) is 13.6. The van der Waals surface area contributed by atoms with E-state index in [1.54, 1.807) is 13.3 Å². The fourth-order valence-electron chi connectivity index (χ4n) is 2.80. The number of aromatic amines is 1. The van der Waals surface area contributed by atoms with Gasteiger partial charge in [-0.25, -0.2) is 0 Å². The first-order valence-electron chi connectivity index (χ1n) is 7.69. The van der Waals surface area contributed by atoms with Crippen molar-refractivity contribution in [1.29, 1.82) is 0 Å². The number of carbonyl (C=O) groups excluding carboxylic acids is 1. The molecular weight excluding hydrogens is 288 g/mol. The fraction of sp³-hybridized carbons (Fsp3) is 0.211. The molecule has 3 rings (SSSR count). The third kappa shape index (κ3) is 2.80. The van der Waals surface area contributed by atoms with Crippen LogP contribution in [-0.2, 0) is 6.42 Å². The van der Waals surface area contributed by atoms with Gasteiger partial charge in [0.2, 0.25) is 0 Å². The van der Waals surface area contributed by atoms with Gasteiger partial charge in [-0.2, -0.15) is 0 Å². The number of H-pyrrole nitrogens is 1. The van der Waals surface area contributed by atoms with Gasteiger partial charge in [0.1, 0.15) is 5.75 Å². The molecular formula is C19H20N2O2. The van der Waals surface area contributed by atoms with Crippen molar-refractivity contribution in [3.05, 3.63) is 59.3 Å². The minimum atomic E-state index is -0.106. The molecule has 0 unspecified atom stereocenters. The average molecular weight is 308 g/mol. The Bertz CT molecular complexity index is 865. The van der Waals surface area contributed by atoms with Crippen molar-refractivity contribution >= 4 is 22.5 Å². The molecule has 0 aliphatic carbocycles. The Morgan fingerprint density at radius 1 is 1.26 bits per heavy atom. The number of aromatic nitrogens is 1. The van der Waals surface area contributed by atoms with Crippen LogP contribution in [0.1, 0.15) is 28.4 Å². The van der Waals surface area contributed by atoms with E-state index in [-0.39, 0.29) is 5.91 Å². The second-order valence-corrected chi connectivity index (χ2v) is 5.53. The molecule has 2 aromatic carbocycles. The number of aryl methyl sites for hydroxylation is 2. The van der Waals surface area contributed by atoms with Crippen LogP contribution < -0.4 is 10.1 Å². The van der Waals surface area contributed by atoms with Crippen molar-refractivity contribution in [2.75, 3.05) is 12.4 Å². The summed E-state index contributed by atoms with van der Waals surface area (Å²) in [6, 6.07) is 11.7. The van der Waals surface area contributed by atoms with Crippen LogP contribution in [0.3, 0.4) is 0 Å². The van der Waals surface area contributed by atoms with Gasteiger partial charge in [0.15, 0.2) is 0 Å². The van der Waals surface area contributed by atoms with E-state index in [0.29, 0.717) is 5.56 Å². The zero-order valence-corrected chi connectivity index (χ0v) is 13.6. The van der Waals surface area contributed by atoms with Gasteiger partial charge < -0.3 is 15.0 Å². The van der Waals surface area contributed by atoms with Crippen LogP contribution in [0.2, 0.25) is 0 Å². The quantitative estimate of drug-likeness (QED) is 0.755. The normalized spacial score (nSPS) is 10.7. The smallest absolute Gasteiger partial charge is 0.257 e. The third-order valence-corrected chi connectivity index (χ3v) is 4.11.